The lowest BCUT2D eigenvalue weighted by atomic mass is 10.1. The van der Waals surface area contributed by atoms with Crippen molar-refractivity contribution in [1.82, 2.24) is 9.91 Å². The number of nitrogens with zero attached hydrogens (tertiary/aromatic N) is 3. The quantitative estimate of drug-likeness (QED) is 0.692. The minimum absolute atomic E-state index is 0. The van der Waals surface area contributed by atoms with Crippen LogP contribution in [0, 0.1) is 13.8 Å². The first kappa shape index (κ1) is 21.3. The summed E-state index contributed by atoms with van der Waals surface area (Å²) in [6.45, 7) is 12.0. The third kappa shape index (κ3) is 5.98. The Morgan fingerprint density at radius 2 is 1.78 bits per heavy atom. The molecule has 0 radical (unpaired) electrons. The van der Waals surface area contributed by atoms with Crippen LogP contribution in [-0.2, 0) is 6.54 Å². The van der Waals surface area contributed by atoms with E-state index in [9.17, 15) is 0 Å². The zero-order valence-electron chi connectivity index (χ0n) is 16.5. The smallest absolute Gasteiger partial charge is 0.128 e. The Balaban J connectivity index is 0.00000261. The summed E-state index contributed by atoms with van der Waals surface area (Å²) in [5, 5.41) is 6.82. The van der Waals surface area contributed by atoms with Crippen molar-refractivity contribution in [3.63, 3.8) is 0 Å². The first-order chi connectivity index (χ1) is 12.7. The number of rotatable bonds is 6. The van der Waals surface area contributed by atoms with Crippen molar-refractivity contribution in [2.45, 2.75) is 27.3 Å². The maximum absolute atomic E-state index is 5.66. The van der Waals surface area contributed by atoms with E-state index in [2.05, 4.69) is 47.1 Å². The largest absolute Gasteiger partial charge is 0.493 e. The van der Waals surface area contributed by atoms with Crippen molar-refractivity contribution in [3.05, 3.63) is 64.7 Å². The number of benzene rings is 2. The Morgan fingerprint density at radius 1 is 1.04 bits per heavy atom. The fourth-order valence-electron chi connectivity index (χ4n) is 3.29. The van der Waals surface area contributed by atoms with E-state index in [4.69, 9.17) is 4.74 Å². The highest BCUT2D eigenvalue weighted by molar-refractivity contribution is 5.85. The van der Waals surface area contributed by atoms with Crippen molar-refractivity contribution >= 4 is 18.6 Å². The summed E-state index contributed by atoms with van der Waals surface area (Å²) < 4.78 is 5.66. The summed E-state index contributed by atoms with van der Waals surface area (Å²) in [5.41, 5.74) is 5.18. The number of para-hydroxylation sites is 1. The molecule has 0 saturated carbocycles. The van der Waals surface area contributed by atoms with Gasteiger partial charge in [0, 0.05) is 38.3 Å². The molecule has 0 bridgehead atoms. The summed E-state index contributed by atoms with van der Waals surface area (Å²) in [6, 6.07) is 14.8. The molecule has 2 aromatic carbocycles. The third-order valence-electron chi connectivity index (χ3n) is 4.82. The number of halogens is 1. The zero-order valence-corrected chi connectivity index (χ0v) is 17.3. The van der Waals surface area contributed by atoms with Crippen LogP contribution in [0.3, 0.4) is 0 Å². The van der Waals surface area contributed by atoms with E-state index in [0.29, 0.717) is 6.61 Å². The Kier molecular flexibility index (Phi) is 8.14. The summed E-state index contributed by atoms with van der Waals surface area (Å²) in [7, 11) is 0. The molecule has 27 heavy (non-hydrogen) atoms. The molecule has 0 spiro atoms. The van der Waals surface area contributed by atoms with Crippen LogP contribution in [0.25, 0.3) is 0 Å². The second-order valence-corrected chi connectivity index (χ2v) is 6.88. The molecular weight excluding hydrogens is 358 g/mol. The molecule has 3 rings (SSSR count). The van der Waals surface area contributed by atoms with E-state index in [-0.39, 0.29) is 12.4 Å². The summed E-state index contributed by atoms with van der Waals surface area (Å²) in [6.07, 6.45) is 1.92. The molecule has 0 unspecified atom stereocenters. The average molecular weight is 388 g/mol. The predicted octanol–water partition coefficient (Wildman–Crippen LogP) is 4.28. The number of hydrazone groups is 1. The molecule has 0 aliphatic carbocycles. The maximum Gasteiger partial charge on any atom is 0.128 e. The van der Waals surface area contributed by atoms with Gasteiger partial charge in [-0.3, -0.25) is 9.91 Å². The van der Waals surface area contributed by atoms with E-state index in [1.807, 2.05) is 37.4 Å². The van der Waals surface area contributed by atoms with Crippen molar-refractivity contribution in [3.8, 4) is 5.75 Å². The maximum atomic E-state index is 5.66. The van der Waals surface area contributed by atoms with Crippen LogP contribution in [0.1, 0.15) is 29.2 Å². The van der Waals surface area contributed by atoms with Crippen LogP contribution < -0.4 is 4.74 Å². The van der Waals surface area contributed by atoms with Crippen LogP contribution in [0.15, 0.2) is 47.6 Å². The van der Waals surface area contributed by atoms with Crippen LogP contribution in [0.4, 0.5) is 0 Å². The predicted molar refractivity (Wildman–Crippen MR) is 115 cm³/mol. The molecule has 1 saturated heterocycles. The van der Waals surface area contributed by atoms with Gasteiger partial charge in [-0.1, -0.05) is 35.9 Å². The van der Waals surface area contributed by atoms with Crippen molar-refractivity contribution in [2.24, 2.45) is 5.10 Å². The highest BCUT2D eigenvalue weighted by Gasteiger charge is 2.16. The van der Waals surface area contributed by atoms with Crippen LogP contribution >= 0.6 is 12.4 Å². The highest BCUT2D eigenvalue weighted by Crippen LogP contribution is 2.17. The van der Waals surface area contributed by atoms with Gasteiger partial charge in [-0.25, -0.2) is 0 Å². The van der Waals surface area contributed by atoms with Gasteiger partial charge in [-0.15, -0.1) is 12.4 Å². The molecule has 146 valence electrons. The molecule has 0 atom stereocenters. The molecular formula is C22H30ClN3O. The SMILES string of the molecule is CCOc1ccccc1/C=N/N1CCN(Cc2ccc(C)cc2C)CC1.Cl. The molecule has 0 amide bonds. The number of piperazine rings is 1. The highest BCUT2D eigenvalue weighted by atomic mass is 35.5. The second-order valence-electron chi connectivity index (χ2n) is 6.88. The lowest BCUT2D eigenvalue weighted by Gasteiger charge is -2.33. The van der Waals surface area contributed by atoms with E-state index in [0.717, 1.165) is 44.0 Å². The first-order valence-electron chi connectivity index (χ1n) is 9.45. The van der Waals surface area contributed by atoms with Gasteiger partial charge < -0.3 is 4.74 Å². The Bertz CT molecular complexity index is 755. The molecule has 1 heterocycles. The number of ether oxygens (including phenoxy) is 1. The number of aryl methyl sites for hydroxylation is 2. The lowest BCUT2D eigenvalue weighted by Crippen LogP contribution is -2.43. The lowest BCUT2D eigenvalue weighted by molar-refractivity contribution is 0.131. The van der Waals surface area contributed by atoms with Gasteiger partial charge in [0.15, 0.2) is 0 Å². The number of hydrogen-bond acceptors (Lipinski definition) is 4. The topological polar surface area (TPSA) is 28.1 Å². The minimum Gasteiger partial charge on any atom is -0.493 e. The molecule has 1 aliphatic heterocycles. The molecule has 2 aromatic rings. The average Bonchev–Trinajstić information content (AvgIpc) is 2.65. The van der Waals surface area contributed by atoms with E-state index in [1.165, 1.54) is 16.7 Å². The monoisotopic (exact) mass is 387 g/mol. The Labute approximate surface area is 169 Å². The van der Waals surface area contributed by atoms with Gasteiger partial charge in [0.1, 0.15) is 5.75 Å². The van der Waals surface area contributed by atoms with Gasteiger partial charge in [0.2, 0.25) is 0 Å². The zero-order chi connectivity index (χ0) is 18.4. The molecule has 1 fully saturated rings. The standard InChI is InChI=1S/C22H29N3O.ClH/c1-4-26-22-8-6-5-7-20(22)16-23-25-13-11-24(12-14-25)17-21-10-9-18(2)15-19(21)3;/h5-10,15-16H,4,11-14,17H2,1-3H3;1H/b23-16+;. The minimum atomic E-state index is 0. The third-order valence-corrected chi connectivity index (χ3v) is 4.82. The molecule has 5 heteroatoms. The van der Waals surface area contributed by atoms with E-state index in [1.54, 1.807) is 0 Å². The van der Waals surface area contributed by atoms with E-state index < -0.39 is 0 Å². The summed E-state index contributed by atoms with van der Waals surface area (Å²) >= 11 is 0. The summed E-state index contributed by atoms with van der Waals surface area (Å²) in [5.74, 6) is 0.896. The van der Waals surface area contributed by atoms with Crippen LogP contribution in [-0.4, -0.2) is 48.9 Å². The van der Waals surface area contributed by atoms with Gasteiger partial charge in [-0.05, 0) is 44.0 Å². The molecule has 0 aromatic heterocycles. The fraction of sp³-hybridized carbons (Fsp3) is 0.409. The van der Waals surface area contributed by atoms with Crippen molar-refractivity contribution in [1.29, 1.82) is 0 Å². The first-order valence-corrected chi connectivity index (χ1v) is 9.45. The second kappa shape index (κ2) is 10.3. The van der Waals surface area contributed by atoms with Gasteiger partial charge >= 0.3 is 0 Å². The fourth-order valence-corrected chi connectivity index (χ4v) is 3.29. The Morgan fingerprint density at radius 3 is 2.48 bits per heavy atom. The Hall–Kier alpha value is -2.04. The molecule has 0 N–H and O–H groups in total. The van der Waals surface area contributed by atoms with Crippen molar-refractivity contribution < 1.29 is 4.74 Å². The molecule has 1 aliphatic rings. The van der Waals surface area contributed by atoms with Crippen molar-refractivity contribution in [2.75, 3.05) is 32.8 Å². The molecule has 4 nitrogen and oxygen atoms in total. The van der Waals surface area contributed by atoms with Crippen LogP contribution in [0.2, 0.25) is 0 Å². The van der Waals surface area contributed by atoms with E-state index >= 15 is 0 Å². The van der Waals surface area contributed by atoms with Crippen LogP contribution in [0.5, 0.6) is 5.75 Å². The normalized spacial score (nSPS) is 15.0. The van der Waals surface area contributed by atoms with Gasteiger partial charge in [0.25, 0.3) is 0 Å². The number of hydrogen-bond donors (Lipinski definition) is 0. The van der Waals surface area contributed by atoms with Gasteiger partial charge in [0.05, 0.1) is 12.8 Å². The summed E-state index contributed by atoms with van der Waals surface area (Å²) in [4.78, 5) is 2.51. The van der Waals surface area contributed by atoms with Gasteiger partial charge in [-0.2, -0.15) is 5.10 Å².